The number of para-hydroxylation sites is 1. The van der Waals surface area contributed by atoms with Crippen molar-refractivity contribution in [3.63, 3.8) is 0 Å². The van der Waals surface area contributed by atoms with Gasteiger partial charge in [0, 0.05) is 18.3 Å². The van der Waals surface area contributed by atoms with Crippen molar-refractivity contribution < 1.29 is 18.1 Å². The SMILES string of the molecule is O=C(Nc1cccc(N2CCCS2(=O)=O)c1)c1ccccc1[N+](=O)[O-]. The zero-order chi connectivity index (χ0) is 18.0. The van der Waals surface area contributed by atoms with Gasteiger partial charge >= 0.3 is 0 Å². The Kier molecular flexibility index (Phi) is 4.41. The summed E-state index contributed by atoms with van der Waals surface area (Å²) >= 11 is 0. The van der Waals surface area contributed by atoms with Crippen LogP contribution in [-0.2, 0) is 10.0 Å². The molecule has 2 aromatic carbocycles. The highest BCUT2D eigenvalue weighted by Crippen LogP contribution is 2.27. The third-order valence-corrected chi connectivity index (χ3v) is 5.71. The van der Waals surface area contributed by atoms with Gasteiger partial charge in [-0.3, -0.25) is 19.2 Å². The molecule has 2 aromatic rings. The van der Waals surface area contributed by atoms with Crippen molar-refractivity contribution in [2.45, 2.75) is 6.42 Å². The Morgan fingerprint density at radius 1 is 1.16 bits per heavy atom. The molecule has 0 atom stereocenters. The van der Waals surface area contributed by atoms with Crippen molar-refractivity contribution in [2.75, 3.05) is 21.9 Å². The van der Waals surface area contributed by atoms with E-state index >= 15 is 0 Å². The van der Waals surface area contributed by atoms with E-state index in [1.807, 2.05) is 0 Å². The molecule has 1 amide bonds. The molecule has 1 N–H and O–H groups in total. The molecule has 25 heavy (non-hydrogen) atoms. The van der Waals surface area contributed by atoms with Gasteiger partial charge in [-0.15, -0.1) is 0 Å². The Morgan fingerprint density at radius 3 is 2.60 bits per heavy atom. The second-order valence-corrected chi connectivity index (χ2v) is 7.53. The Morgan fingerprint density at radius 2 is 1.92 bits per heavy atom. The lowest BCUT2D eigenvalue weighted by atomic mass is 10.1. The molecule has 0 aromatic heterocycles. The molecule has 0 aliphatic carbocycles. The van der Waals surface area contributed by atoms with Gasteiger partial charge in [0.05, 0.1) is 16.4 Å². The molecule has 1 aliphatic heterocycles. The molecule has 1 fully saturated rings. The van der Waals surface area contributed by atoms with Crippen molar-refractivity contribution in [3.8, 4) is 0 Å². The van der Waals surface area contributed by atoms with Crippen LogP contribution in [0.1, 0.15) is 16.8 Å². The third kappa shape index (κ3) is 3.45. The molecular formula is C16H15N3O5S. The van der Waals surface area contributed by atoms with Crippen LogP contribution in [0.2, 0.25) is 0 Å². The lowest BCUT2D eigenvalue weighted by molar-refractivity contribution is -0.385. The summed E-state index contributed by atoms with van der Waals surface area (Å²) in [5, 5.41) is 13.6. The van der Waals surface area contributed by atoms with E-state index in [1.54, 1.807) is 18.2 Å². The lowest BCUT2D eigenvalue weighted by Gasteiger charge is -2.17. The number of carbonyl (C=O) groups excluding carboxylic acids is 1. The minimum absolute atomic E-state index is 0.0632. The minimum atomic E-state index is -3.32. The van der Waals surface area contributed by atoms with Crippen molar-refractivity contribution >= 4 is 33.0 Å². The molecule has 1 saturated heterocycles. The topological polar surface area (TPSA) is 110 Å². The first kappa shape index (κ1) is 16.9. The second kappa shape index (κ2) is 6.52. The van der Waals surface area contributed by atoms with E-state index < -0.39 is 20.9 Å². The number of sulfonamides is 1. The largest absolute Gasteiger partial charge is 0.322 e. The fraction of sp³-hybridized carbons (Fsp3) is 0.188. The lowest BCUT2D eigenvalue weighted by Crippen LogP contribution is -2.25. The Labute approximate surface area is 144 Å². The van der Waals surface area contributed by atoms with Gasteiger partial charge in [-0.2, -0.15) is 0 Å². The van der Waals surface area contributed by atoms with Gasteiger partial charge in [-0.1, -0.05) is 18.2 Å². The number of amides is 1. The van der Waals surface area contributed by atoms with E-state index in [0.717, 1.165) is 0 Å². The van der Waals surface area contributed by atoms with Crippen LogP contribution in [0.15, 0.2) is 48.5 Å². The Bertz CT molecular complexity index is 942. The number of nitro benzene ring substituents is 1. The van der Waals surface area contributed by atoms with Crippen LogP contribution in [-0.4, -0.2) is 31.5 Å². The predicted octanol–water partition coefficient (Wildman–Crippen LogP) is 2.39. The van der Waals surface area contributed by atoms with Gasteiger partial charge in [0.15, 0.2) is 0 Å². The number of benzene rings is 2. The van der Waals surface area contributed by atoms with Gasteiger partial charge in [0.25, 0.3) is 11.6 Å². The molecule has 0 radical (unpaired) electrons. The number of nitrogens with one attached hydrogen (secondary N) is 1. The first-order valence-electron chi connectivity index (χ1n) is 7.54. The third-order valence-electron chi connectivity index (χ3n) is 3.84. The number of hydrogen-bond acceptors (Lipinski definition) is 5. The molecule has 0 saturated carbocycles. The van der Waals surface area contributed by atoms with E-state index in [9.17, 15) is 23.3 Å². The molecule has 0 unspecified atom stereocenters. The van der Waals surface area contributed by atoms with Crippen LogP contribution in [0.5, 0.6) is 0 Å². The first-order chi connectivity index (χ1) is 11.9. The standard InChI is InChI=1S/C16H15N3O5S/c20-16(14-7-1-2-8-15(14)19(21)22)17-12-5-3-6-13(11-12)18-9-4-10-25(18,23)24/h1-3,5-8,11H,4,9-10H2,(H,17,20). The predicted molar refractivity (Wildman–Crippen MR) is 93.2 cm³/mol. The summed E-state index contributed by atoms with van der Waals surface area (Å²) in [5.41, 5.74) is 0.464. The summed E-state index contributed by atoms with van der Waals surface area (Å²) in [5.74, 6) is -0.534. The van der Waals surface area contributed by atoms with E-state index in [2.05, 4.69) is 5.32 Å². The molecule has 0 bridgehead atoms. The molecule has 8 nitrogen and oxygen atoms in total. The zero-order valence-corrected chi connectivity index (χ0v) is 13.9. The molecule has 0 spiro atoms. The smallest absolute Gasteiger partial charge is 0.282 e. The number of nitro groups is 1. The fourth-order valence-electron chi connectivity index (χ4n) is 2.69. The van der Waals surface area contributed by atoms with Gasteiger partial charge in [-0.25, -0.2) is 8.42 Å². The van der Waals surface area contributed by atoms with E-state index in [1.165, 1.54) is 34.6 Å². The summed E-state index contributed by atoms with van der Waals surface area (Å²) in [6.45, 7) is 0.393. The molecule has 1 heterocycles. The molecule has 3 rings (SSSR count). The average Bonchev–Trinajstić information content (AvgIpc) is 2.94. The zero-order valence-electron chi connectivity index (χ0n) is 13.1. The molecule has 130 valence electrons. The maximum absolute atomic E-state index is 12.4. The number of hydrogen-bond donors (Lipinski definition) is 1. The van der Waals surface area contributed by atoms with Crippen molar-refractivity contribution in [1.82, 2.24) is 0 Å². The number of anilines is 2. The van der Waals surface area contributed by atoms with Crippen LogP contribution in [0.25, 0.3) is 0 Å². The van der Waals surface area contributed by atoms with Crippen LogP contribution in [0, 0.1) is 10.1 Å². The van der Waals surface area contributed by atoms with E-state index in [0.29, 0.717) is 24.3 Å². The fourth-order valence-corrected chi connectivity index (χ4v) is 4.25. The molecule has 9 heteroatoms. The van der Waals surface area contributed by atoms with Gasteiger partial charge in [-0.05, 0) is 30.7 Å². The van der Waals surface area contributed by atoms with Crippen molar-refractivity contribution in [3.05, 3.63) is 64.2 Å². The van der Waals surface area contributed by atoms with E-state index in [-0.39, 0.29) is 17.0 Å². The van der Waals surface area contributed by atoms with E-state index in [4.69, 9.17) is 0 Å². The number of rotatable bonds is 4. The maximum atomic E-state index is 12.4. The first-order valence-corrected chi connectivity index (χ1v) is 9.15. The maximum Gasteiger partial charge on any atom is 0.282 e. The number of nitrogens with zero attached hydrogens (tertiary/aromatic N) is 2. The molecular weight excluding hydrogens is 346 g/mol. The highest BCUT2D eigenvalue weighted by Gasteiger charge is 2.28. The van der Waals surface area contributed by atoms with Crippen LogP contribution in [0.3, 0.4) is 0 Å². The van der Waals surface area contributed by atoms with Gasteiger partial charge < -0.3 is 5.32 Å². The highest BCUT2D eigenvalue weighted by molar-refractivity contribution is 7.93. The van der Waals surface area contributed by atoms with Gasteiger partial charge in [0.1, 0.15) is 5.56 Å². The quantitative estimate of drug-likeness (QED) is 0.664. The Hall–Kier alpha value is -2.94. The number of carbonyl (C=O) groups is 1. The highest BCUT2D eigenvalue weighted by atomic mass is 32.2. The second-order valence-electron chi connectivity index (χ2n) is 5.52. The summed E-state index contributed by atoms with van der Waals surface area (Å²) in [6, 6.07) is 12.0. The average molecular weight is 361 g/mol. The molecule has 1 aliphatic rings. The van der Waals surface area contributed by atoms with Crippen molar-refractivity contribution in [2.24, 2.45) is 0 Å². The Balaban J connectivity index is 1.86. The van der Waals surface area contributed by atoms with Crippen LogP contribution >= 0.6 is 0 Å². The summed E-state index contributed by atoms with van der Waals surface area (Å²) in [4.78, 5) is 22.8. The van der Waals surface area contributed by atoms with Crippen LogP contribution in [0.4, 0.5) is 17.1 Å². The summed E-state index contributed by atoms with van der Waals surface area (Å²) in [7, 11) is -3.32. The normalized spacial score (nSPS) is 15.8. The van der Waals surface area contributed by atoms with Crippen molar-refractivity contribution in [1.29, 1.82) is 0 Å². The van der Waals surface area contributed by atoms with Crippen LogP contribution < -0.4 is 9.62 Å². The summed E-state index contributed by atoms with van der Waals surface area (Å²) in [6.07, 6.45) is 0.551. The summed E-state index contributed by atoms with van der Waals surface area (Å²) < 4.78 is 25.3. The monoisotopic (exact) mass is 361 g/mol. The van der Waals surface area contributed by atoms with Gasteiger partial charge in [0.2, 0.25) is 10.0 Å². The minimum Gasteiger partial charge on any atom is -0.322 e.